The standard InChI is InChI=1S/C23H20N4O3/c1-15-8-6-9-16(2)20(15)24-19(28)14-27-13-7-12-18(23(27)29)22-25-21(26-30-22)17-10-4-3-5-11-17/h3-13H,14H2,1-2H3,(H,24,28). The molecule has 0 bridgehead atoms. The van der Waals surface area contributed by atoms with Crippen molar-refractivity contribution in [2.24, 2.45) is 0 Å². The van der Waals surface area contributed by atoms with E-state index in [2.05, 4.69) is 15.5 Å². The summed E-state index contributed by atoms with van der Waals surface area (Å²) in [7, 11) is 0. The smallest absolute Gasteiger partial charge is 0.263 e. The molecule has 30 heavy (non-hydrogen) atoms. The Labute approximate surface area is 173 Å². The maximum atomic E-state index is 12.9. The van der Waals surface area contributed by atoms with Gasteiger partial charge in [-0.25, -0.2) is 0 Å². The summed E-state index contributed by atoms with van der Waals surface area (Å²) in [6.07, 6.45) is 1.56. The monoisotopic (exact) mass is 400 g/mol. The van der Waals surface area contributed by atoms with Gasteiger partial charge in [-0.1, -0.05) is 53.7 Å². The van der Waals surface area contributed by atoms with Crippen LogP contribution in [0, 0.1) is 13.8 Å². The molecular weight excluding hydrogens is 380 g/mol. The minimum atomic E-state index is -0.377. The average molecular weight is 400 g/mol. The van der Waals surface area contributed by atoms with Crippen LogP contribution in [0.1, 0.15) is 11.1 Å². The summed E-state index contributed by atoms with van der Waals surface area (Å²) in [5, 5.41) is 6.85. The first-order chi connectivity index (χ1) is 14.5. The van der Waals surface area contributed by atoms with Crippen LogP contribution in [0.3, 0.4) is 0 Å². The number of pyridine rings is 1. The number of amides is 1. The zero-order chi connectivity index (χ0) is 21.1. The van der Waals surface area contributed by atoms with Crippen molar-refractivity contribution in [3.63, 3.8) is 0 Å². The molecule has 150 valence electrons. The van der Waals surface area contributed by atoms with Crippen molar-refractivity contribution in [2.75, 3.05) is 5.32 Å². The van der Waals surface area contributed by atoms with Crippen LogP contribution in [0.5, 0.6) is 0 Å². The summed E-state index contributed by atoms with van der Waals surface area (Å²) >= 11 is 0. The summed E-state index contributed by atoms with van der Waals surface area (Å²) in [5.41, 5.74) is 3.34. The summed E-state index contributed by atoms with van der Waals surface area (Å²) in [6.45, 7) is 3.73. The highest BCUT2D eigenvalue weighted by Gasteiger charge is 2.16. The third-order valence-electron chi connectivity index (χ3n) is 4.77. The van der Waals surface area contributed by atoms with Gasteiger partial charge in [0.2, 0.25) is 11.7 Å². The number of hydrogen-bond donors (Lipinski definition) is 1. The number of para-hydroxylation sites is 1. The highest BCUT2D eigenvalue weighted by molar-refractivity contribution is 5.92. The lowest BCUT2D eigenvalue weighted by Gasteiger charge is -2.12. The molecule has 0 aliphatic rings. The van der Waals surface area contributed by atoms with E-state index in [1.54, 1.807) is 18.3 Å². The third-order valence-corrected chi connectivity index (χ3v) is 4.77. The molecule has 1 amide bonds. The molecule has 0 radical (unpaired) electrons. The number of carbonyl (C=O) groups is 1. The summed E-state index contributed by atoms with van der Waals surface area (Å²) in [6, 6.07) is 18.4. The fraction of sp³-hybridized carbons (Fsp3) is 0.130. The van der Waals surface area contributed by atoms with Crippen LogP contribution in [0.2, 0.25) is 0 Å². The minimum absolute atomic E-state index is 0.114. The van der Waals surface area contributed by atoms with E-state index in [1.807, 2.05) is 62.4 Å². The summed E-state index contributed by atoms with van der Waals surface area (Å²) in [4.78, 5) is 29.8. The zero-order valence-corrected chi connectivity index (χ0v) is 16.6. The first-order valence-corrected chi connectivity index (χ1v) is 9.48. The highest BCUT2D eigenvalue weighted by Crippen LogP contribution is 2.21. The number of nitrogens with zero attached hydrogens (tertiary/aromatic N) is 3. The molecule has 0 unspecified atom stereocenters. The molecule has 0 saturated heterocycles. The van der Waals surface area contributed by atoms with Gasteiger partial charge < -0.3 is 14.4 Å². The maximum absolute atomic E-state index is 12.9. The van der Waals surface area contributed by atoms with Gasteiger partial charge in [0.05, 0.1) is 0 Å². The van der Waals surface area contributed by atoms with Crippen molar-refractivity contribution in [3.8, 4) is 22.8 Å². The predicted molar refractivity (Wildman–Crippen MR) is 114 cm³/mol. The molecular formula is C23H20N4O3. The van der Waals surface area contributed by atoms with Crippen LogP contribution in [0.15, 0.2) is 76.2 Å². The Morgan fingerprint density at radius 3 is 2.47 bits per heavy atom. The van der Waals surface area contributed by atoms with Crippen LogP contribution in [-0.4, -0.2) is 20.6 Å². The Balaban J connectivity index is 1.57. The van der Waals surface area contributed by atoms with Gasteiger partial charge in [-0.2, -0.15) is 4.98 Å². The van der Waals surface area contributed by atoms with E-state index in [1.165, 1.54) is 4.57 Å². The minimum Gasteiger partial charge on any atom is -0.333 e. The molecule has 0 aliphatic carbocycles. The van der Waals surface area contributed by atoms with Crippen LogP contribution in [0.25, 0.3) is 22.8 Å². The number of nitrogens with one attached hydrogen (secondary N) is 1. The molecule has 0 spiro atoms. The number of hydrogen-bond acceptors (Lipinski definition) is 5. The van der Waals surface area contributed by atoms with Crippen molar-refractivity contribution in [1.82, 2.24) is 14.7 Å². The maximum Gasteiger partial charge on any atom is 0.263 e. The number of rotatable bonds is 5. The van der Waals surface area contributed by atoms with Crippen LogP contribution < -0.4 is 10.9 Å². The molecule has 7 nitrogen and oxygen atoms in total. The Bertz CT molecular complexity index is 1240. The lowest BCUT2D eigenvalue weighted by atomic mass is 10.1. The van der Waals surface area contributed by atoms with Crippen molar-refractivity contribution in [1.29, 1.82) is 0 Å². The number of aryl methyl sites for hydroxylation is 2. The second kappa shape index (κ2) is 8.16. The van der Waals surface area contributed by atoms with Gasteiger partial charge in [0, 0.05) is 17.4 Å². The van der Waals surface area contributed by atoms with E-state index in [0.29, 0.717) is 5.82 Å². The molecule has 4 aromatic rings. The Morgan fingerprint density at radius 1 is 1.00 bits per heavy atom. The molecule has 0 aliphatic heterocycles. The molecule has 1 N–H and O–H groups in total. The first-order valence-electron chi connectivity index (χ1n) is 9.48. The van der Waals surface area contributed by atoms with E-state index < -0.39 is 0 Å². The van der Waals surface area contributed by atoms with Gasteiger partial charge in [0.1, 0.15) is 12.1 Å². The van der Waals surface area contributed by atoms with Crippen molar-refractivity contribution < 1.29 is 9.32 Å². The Hall–Kier alpha value is -4.00. The van der Waals surface area contributed by atoms with Gasteiger partial charge in [-0.15, -0.1) is 0 Å². The molecule has 0 atom stereocenters. The quantitative estimate of drug-likeness (QED) is 0.550. The van der Waals surface area contributed by atoms with E-state index in [9.17, 15) is 9.59 Å². The number of aromatic nitrogens is 3. The number of benzene rings is 2. The zero-order valence-electron chi connectivity index (χ0n) is 16.6. The van der Waals surface area contributed by atoms with E-state index in [4.69, 9.17) is 4.52 Å². The van der Waals surface area contributed by atoms with Crippen molar-refractivity contribution in [2.45, 2.75) is 20.4 Å². The summed E-state index contributed by atoms with van der Waals surface area (Å²) < 4.78 is 6.62. The fourth-order valence-corrected chi connectivity index (χ4v) is 3.21. The second-order valence-corrected chi connectivity index (χ2v) is 6.96. The lowest BCUT2D eigenvalue weighted by molar-refractivity contribution is -0.116. The Kier molecular flexibility index (Phi) is 5.26. The van der Waals surface area contributed by atoms with Crippen LogP contribution in [-0.2, 0) is 11.3 Å². The third kappa shape index (κ3) is 3.91. The largest absolute Gasteiger partial charge is 0.333 e. The van der Waals surface area contributed by atoms with E-state index in [-0.39, 0.29) is 29.5 Å². The van der Waals surface area contributed by atoms with Gasteiger partial charge in [0.15, 0.2) is 0 Å². The molecule has 2 aromatic heterocycles. The van der Waals surface area contributed by atoms with Gasteiger partial charge in [0.25, 0.3) is 11.4 Å². The number of carbonyl (C=O) groups excluding carboxylic acids is 1. The van der Waals surface area contributed by atoms with Gasteiger partial charge in [-0.3, -0.25) is 9.59 Å². The fourth-order valence-electron chi connectivity index (χ4n) is 3.21. The van der Waals surface area contributed by atoms with Crippen LogP contribution in [0.4, 0.5) is 5.69 Å². The molecule has 2 aromatic carbocycles. The Morgan fingerprint density at radius 2 is 1.73 bits per heavy atom. The molecule has 2 heterocycles. The SMILES string of the molecule is Cc1cccc(C)c1NC(=O)Cn1cccc(-c2nc(-c3ccccc3)no2)c1=O. The van der Waals surface area contributed by atoms with Gasteiger partial charge >= 0.3 is 0 Å². The molecule has 7 heteroatoms. The predicted octanol–water partition coefficient (Wildman–Crippen LogP) is 3.82. The highest BCUT2D eigenvalue weighted by atomic mass is 16.5. The second-order valence-electron chi connectivity index (χ2n) is 6.96. The van der Waals surface area contributed by atoms with Crippen LogP contribution >= 0.6 is 0 Å². The van der Waals surface area contributed by atoms with E-state index >= 15 is 0 Å². The molecule has 0 fully saturated rings. The van der Waals surface area contributed by atoms with Crippen molar-refractivity contribution in [3.05, 3.63) is 88.3 Å². The molecule has 0 saturated carbocycles. The number of anilines is 1. The van der Waals surface area contributed by atoms with E-state index in [0.717, 1.165) is 22.4 Å². The van der Waals surface area contributed by atoms with Crippen molar-refractivity contribution >= 4 is 11.6 Å². The first kappa shape index (κ1) is 19.3. The topological polar surface area (TPSA) is 90.0 Å². The lowest BCUT2D eigenvalue weighted by Crippen LogP contribution is -2.28. The normalized spacial score (nSPS) is 10.7. The van der Waals surface area contributed by atoms with Gasteiger partial charge in [-0.05, 0) is 37.1 Å². The molecule has 4 rings (SSSR count). The summed E-state index contributed by atoms with van der Waals surface area (Å²) in [5.74, 6) is 0.221. The average Bonchev–Trinajstić information content (AvgIpc) is 3.23.